The lowest BCUT2D eigenvalue weighted by molar-refractivity contribution is -1.02. The van der Waals surface area contributed by atoms with Crippen LogP contribution in [0.3, 0.4) is 0 Å². The van der Waals surface area contributed by atoms with E-state index >= 15 is 0 Å². The van der Waals surface area contributed by atoms with E-state index in [1.54, 1.807) is 16.2 Å². The van der Waals surface area contributed by atoms with Crippen molar-refractivity contribution in [2.75, 3.05) is 26.2 Å². The van der Waals surface area contributed by atoms with Gasteiger partial charge in [-0.25, -0.2) is 4.98 Å². The van der Waals surface area contributed by atoms with Gasteiger partial charge in [-0.2, -0.15) is 0 Å². The second-order valence-corrected chi connectivity index (χ2v) is 9.55. The van der Waals surface area contributed by atoms with Crippen LogP contribution in [-0.2, 0) is 25.9 Å². The molecule has 28 heavy (non-hydrogen) atoms. The molecule has 1 fully saturated rings. The smallest absolute Gasteiger partial charge is 0.260 e. The molecule has 0 atom stereocenters. The van der Waals surface area contributed by atoms with Gasteiger partial charge in [0, 0.05) is 15.5 Å². The molecule has 0 bridgehead atoms. The summed E-state index contributed by atoms with van der Waals surface area (Å²) in [7, 11) is 0. The summed E-state index contributed by atoms with van der Waals surface area (Å²) in [6.07, 6.45) is 3.31. The summed E-state index contributed by atoms with van der Waals surface area (Å²) in [6.45, 7) is 6.33. The highest BCUT2D eigenvalue weighted by atomic mass is 35.5. The van der Waals surface area contributed by atoms with Crippen LogP contribution in [0.25, 0.3) is 10.2 Å². The molecule has 5 rings (SSSR count). The number of thiophene rings is 1. The van der Waals surface area contributed by atoms with Gasteiger partial charge in [-0.1, -0.05) is 23.7 Å². The number of aryl methyl sites for hydroxylation is 2. The van der Waals surface area contributed by atoms with E-state index in [1.165, 1.54) is 27.3 Å². The third-order valence-corrected chi connectivity index (χ3v) is 7.51. The average molecular weight is 417 g/mol. The van der Waals surface area contributed by atoms with Crippen molar-refractivity contribution in [3.63, 3.8) is 0 Å². The Balaban J connectivity index is 1.23. The van der Waals surface area contributed by atoms with Crippen LogP contribution in [0.4, 0.5) is 0 Å². The molecular formula is C21H25ClN4OS+2. The number of hydrogen-bond acceptors (Lipinski definition) is 3. The number of H-pyrrole nitrogens is 1. The van der Waals surface area contributed by atoms with Crippen LogP contribution in [-0.4, -0.2) is 36.1 Å². The van der Waals surface area contributed by atoms with Crippen molar-refractivity contribution in [3.05, 3.63) is 61.5 Å². The van der Waals surface area contributed by atoms with Crippen molar-refractivity contribution in [2.45, 2.75) is 32.4 Å². The lowest BCUT2D eigenvalue weighted by Gasteiger charge is -2.29. The van der Waals surface area contributed by atoms with Gasteiger partial charge in [-0.05, 0) is 37.0 Å². The van der Waals surface area contributed by atoms with Gasteiger partial charge in [0.1, 0.15) is 44.1 Å². The first-order valence-corrected chi connectivity index (χ1v) is 11.3. The minimum absolute atomic E-state index is 0.0609. The fraction of sp³-hybridized carbons (Fsp3) is 0.429. The van der Waals surface area contributed by atoms with Crippen LogP contribution in [0, 0.1) is 0 Å². The van der Waals surface area contributed by atoms with Gasteiger partial charge in [0.05, 0.1) is 5.39 Å². The van der Waals surface area contributed by atoms with Gasteiger partial charge < -0.3 is 14.8 Å². The molecular weight excluding hydrogens is 392 g/mol. The fourth-order valence-corrected chi connectivity index (χ4v) is 5.98. The van der Waals surface area contributed by atoms with E-state index < -0.39 is 0 Å². The first-order valence-electron chi connectivity index (χ1n) is 10.1. The number of aromatic amines is 1. The molecule has 3 aromatic rings. The van der Waals surface area contributed by atoms with E-state index in [-0.39, 0.29) is 5.56 Å². The van der Waals surface area contributed by atoms with Crippen molar-refractivity contribution in [2.24, 2.45) is 0 Å². The van der Waals surface area contributed by atoms with Gasteiger partial charge in [-0.3, -0.25) is 4.79 Å². The zero-order valence-electron chi connectivity index (χ0n) is 15.8. The fourth-order valence-electron chi connectivity index (χ4n) is 4.57. The molecule has 1 saturated heterocycles. The van der Waals surface area contributed by atoms with Crippen molar-refractivity contribution >= 4 is 33.2 Å². The van der Waals surface area contributed by atoms with E-state index in [4.69, 9.17) is 16.6 Å². The maximum absolute atomic E-state index is 12.6. The third kappa shape index (κ3) is 3.62. The molecule has 2 aromatic heterocycles. The van der Waals surface area contributed by atoms with Crippen LogP contribution in [0.15, 0.2) is 29.1 Å². The maximum atomic E-state index is 12.6. The Morgan fingerprint density at radius 2 is 1.75 bits per heavy atom. The summed E-state index contributed by atoms with van der Waals surface area (Å²) in [4.78, 5) is 25.9. The molecule has 0 amide bonds. The van der Waals surface area contributed by atoms with Gasteiger partial charge in [-0.15, -0.1) is 11.3 Å². The molecule has 1 aliphatic heterocycles. The summed E-state index contributed by atoms with van der Waals surface area (Å²) in [5.41, 5.74) is 2.66. The molecule has 0 unspecified atom stereocenters. The van der Waals surface area contributed by atoms with E-state index in [2.05, 4.69) is 17.1 Å². The summed E-state index contributed by atoms with van der Waals surface area (Å²) in [5, 5.41) is 1.65. The molecule has 5 nitrogen and oxygen atoms in total. The number of halogens is 1. The molecule has 0 radical (unpaired) electrons. The van der Waals surface area contributed by atoms with Gasteiger partial charge in [0.15, 0.2) is 5.82 Å². The van der Waals surface area contributed by atoms with Crippen LogP contribution in [0.2, 0.25) is 5.02 Å². The molecule has 7 heteroatoms. The molecule has 0 spiro atoms. The first-order chi connectivity index (χ1) is 13.7. The number of hydrogen-bond donors (Lipinski definition) is 3. The molecule has 3 N–H and O–H groups in total. The van der Waals surface area contributed by atoms with E-state index in [9.17, 15) is 4.79 Å². The number of benzene rings is 1. The largest absolute Gasteiger partial charge is 0.322 e. The summed E-state index contributed by atoms with van der Waals surface area (Å²) < 4.78 is 0. The van der Waals surface area contributed by atoms with E-state index in [0.29, 0.717) is 0 Å². The number of fused-ring (bicyclic) bond motifs is 3. The van der Waals surface area contributed by atoms with Crippen molar-refractivity contribution < 1.29 is 9.80 Å². The number of nitrogens with one attached hydrogen (secondary N) is 3. The summed E-state index contributed by atoms with van der Waals surface area (Å²) in [5.74, 6) is 0.841. The Bertz CT molecular complexity index is 1050. The Labute approximate surface area is 173 Å². The van der Waals surface area contributed by atoms with E-state index in [0.717, 1.165) is 73.2 Å². The van der Waals surface area contributed by atoms with Crippen LogP contribution < -0.4 is 15.4 Å². The SMILES string of the molecule is O=c1[nH]c(C[NH+]2CC[NH+](Cc3ccc(Cl)cc3)CC2)nc2sc3c(c12)CCC3. The second-order valence-electron chi connectivity index (χ2n) is 8.03. The monoisotopic (exact) mass is 416 g/mol. The zero-order valence-corrected chi connectivity index (χ0v) is 17.4. The van der Waals surface area contributed by atoms with Crippen LogP contribution in [0.1, 0.15) is 28.2 Å². The van der Waals surface area contributed by atoms with Crippen LogP contribution in [0.5, 0.6) is 0 Å². The minimum atomic E-state index is 0.0609. The molecule has 3 heterocycles. The Kier molecular flexibility index (Phi) is 4.97. The molecule has 146 valence electrons. The standard InChI is InChI=1S/C21H23ClN4OS/c22-15-6-4-14(5-7-15)12-25-8-10-26(11-9-25)13-18-23-20(27)19-16-2-1-3-17(16)28-21(19)24-18/h4-7H,1-3,8-13H2,(H,23,24,27)/p+2. The Morgan fingerprint density at radius 3 is 2.50 bits per heavy atom. The second kappa shape index (κ2) is 7.59. The predicted octanol–water partition coefficient (Wildman–Crippen LogP) is 0.610. The zero-order chi connectivity index (χ0) is 19.1. The van der Waals surface area contributed by atoms with Gasteiger partial charge in [0.25, 0.3) is 5.56 Å². The highest BCUT2D eigenvalue weighted by molar-refractivity contribution is 7.18. The Morgan fingerprint density at radius 1 is 1.04 bits per heavy atom. The summed E-state index contributed by atoms with van der Waals surface area (Å²) >= 11 is 7.70. The maximum Gasteiger partial charge on any atom is 0.260 e. The summed E-state index contributed by atoms with van der Waals surface area (Å²) in [6, 6.07) is 8.18. The topological polar surface area (TPSA) is 54.6 Å². The number of aromatic nitrogens is 2. The van der Waals surface area contributed by atoms with Crippen molar-refractivity contribution in [1.29, 1.82) is 0 Å². The van der Waals surface area contributed by atoms with Crippen LogP contribution >= 0.6 is 22.9 Å². The van der Waals surface area contributed by atoms with E-state index in [1.807, 2.05) is 12.1 Å². The molecule has 0 saturated carbocycles. The quantitative estimate of drug-likeness (QED) is 0.583. The minimum Gasteiger partial charge on any atom is -0.322 e. The third-order valence-electron chi connectivity index (χ3n) is 6.07. The number of quaternary nitrogens is 2. The number of nitrogens with zero attached hydrogens (tertiary/aromatic N) is 1. The number of rotatable bonds is 4. The first kappa shape index (κ1) is 18.3. The highest BCUT2D eigenvalue weighted by Gasteiger charge is 2.25. The van der Waals surface area contributed by atoms with Crippen molar-refractivity contribution in [3.8, 4) is 0 Å². The molecule has 2 aliphatic rings. The molecule has 1 aromatic carbocycles. The lowest BCUT2D eigenvalue weighted by Crippen LogP contribution is -3.27. The van der Waals surface area contributed by atoms with Gasteiger partial charge in [0.2, 0.25) is 0 Å². The van der Waals surface area contributed by atoms with Crippen molar-refractivity contribution in [1.82, 2.24) is 9.97 Å². The molecule has 1 aliphatic carbocycles. The highest BCUT2D eigenvalue weighted by Crippen LogP contribution is 2.34. The lowest BCUT2D eigenvalue weighted by atomic mass is 10.2. The normalized spacial score (nSPS) is 21.9. The number of piperazine rings is 1. The predicted molar refractivity (Wildman–Crippen MR) is 113 cm³/mol. The average Bonchev–Trinajstić information content (AvgIpc) is 3.26. The van der Waals surface area contributed by atoms with Gasteiger partial charge >= 0.3 is 0 Å². The Hall–Kier alpha value is -1.73.